The number of imidazole rings is 1. The van der Waals surface area contributed by atoms with Crippen LogP contribution in [-0.2, 0) is 13.0 Å². The molecule has 1 aromatic heterocycles. The van der Waals surface area contributed by atoms with Crippen LogP contribution in [0.25, 0.3) is 0 Å². The third kappa shape index (κ3) is 4.58. The van der Waals surface area contributed by atoms with Crippen molar-refractivity contribution >= 4 is 11.8 Å². The molecule has 1 rings (SSSR count). The predicted molar refractivity (Wildman–Crippen MR) is 69.8 cm³/mol. The van der Waals surface area contributed by atoms with E-state index in [0.29, 0.717) is 6.42 Å². The van der Waals surface area contributed by atoms with Crippen molar-refractivity contribution in [1.29, 1.82) is 0 Å². The third-order valence-electron chi connectivity index (χ3n) is 2.27. The van der Waals surface area contributed by atoms with E-state index in [1.54, 1.807) is 18.0 Å². The number of aliphatic hydroxyl groups is 1. The van der Waals surface area contributed by atoms with Crippen LogP contribution in [-0.4, -0.2) is 31.3 Å². The predicted octanol–water partition coefficient (Wildman–Crippen LogP) is 2.34. The highest BCUT2D eigenvalue weighted by Crippen LogP contribution is 2.24. The molecule has 1 aromatic rings. The van der Waals surface area contributed by atoms with Crippen LogP contribution in [0.2, 0.25) is 0 Å². The van der Waals surface area contributed by atoms with Crippen LogP contribution >= 0.6 is 11.8 Å². The summed E-state index contributed by atoms with van der Waals surface area (Å²) in [5.74, 6) is 1.74. The Bertz CT molecular complexity index is 317. The minimum absolute atomic E-state index is 0.209. The summed E-state index contributed by atoms with van der Waals surface area (Å²) < 4.78 is 2.28. The van der Waals surface area contributed by atoms with Crippen molar-refractivity contribution in [2.45, 2.75) is 51.5 Å². The van der Waals surface area contributed by atoms with Crippen molar-refractivity contribution < 1.29 is 5.11 Å². The van der Waals surface area contributed by atoms with Gasteiger partial charge in [-0.3, -0.25) is 0 Å². The van der Waals surface area contributed by atoms with Gasteiger partial charge in [-0.25, -0.2) is 4.98 Å². The Labute approximate surface area is 102 Å². The first-order valence-electron chi connectivity index (χ1n) is 5.74. The standard InChI is InChI=1S/C12H22N2OS/c1-5-14-7-6-13-11(14)8-10(15)9-16-12(2,3)4/h6-7,10,15H,5,8-9H2,1-4H3. The lowest BCUT2D eigenvalue weighted by molar-refractivity contribution is 0.196. The second-order valence-corrected chi connectivity index (χ2v) is 6.76. The van der Waals surface area contributed by atoms with E-state index in [9.17, 15) is 5.11 Å². The van der Waals surface area contributed by atoms with Crippen molar-refractivity contribution in [3.05, 3.63) is 18.2 Å². The number of aliphatic hydroxyl groups excluding tert-OH is 1. The Morgan fingerprint density at radius 3 is 2.75 bits per heavy atom. The number of aryl methyl sites for hydroxylation is 1. The molecule has 0 radical (unpaired) electrons. The smallest absolute Gasteiger partial charge is 0.111 e. The number of hydrogen-bond acceptors (Lipinski definition) is 3. The van der Waals surface area contributed by atoms with E-state index in [1.807, 2.05) is 6.20 Å². The van der Waals surface area contributed by atoms with Crippen molar-refractivity contribution in [3.8, 4) is 0 Å². The summed E-state index contributed by atoms with van der Waals surface area (Å²) in [7, 11) is 0. The molecule has 1 unspecified atom stereocenters. The van der Waals surface area contributed by atoms with Gasteiger partial charge in [0.1, 0.15) is 5.82 Å². The molecular formula is C12H22N2OS. The number of thioether (sulfide) groups is 1. The zero-order valence-electron chi connectivity index (χ0n) is 10.6. The molecule has 0 fully saturated rings. The highest BCUT2D eigenvalue weighted by atomic mass is 32.2. The summed E-state index contributed by atoms with van der Waals surface area (Å²) >= 11 is 1.79. The molecule has 0 bridgehead atoms. The number of aromatic nitrogens is 2. The van der Waals surface area contributed by atoms with E-state index in [-0.39, 0.29) is 10.9 Å². The lowest BCUT2D eigenvalue weighted by atomic mass is 10.2. The van der Waals surface area contributed by atoms with E-state index < -0.39 is 0 Å². The summed E-state index contributed by atoms with van der Waals surface area (Å²) in [4.78, 5) is 4.27. The molecule has 1 N–H and O–H groups in total. The zero-order chi connectivity index (χ0) is 12.2. The highest BCUT2D eigenvalue weighted by molar-refractivity contribution is 8.00. The van der Waals surface area contributed by atoms with Gasteiger partial charge in [0.2, 0.25) is 0 Å². The molecule has 3 nitrogen and oxygen atoms in total. The molecule has 0 saturated carbocycles. The van der Waals surface area contributed by atoms with E-state index in [2.05, 4.69) is 37.2 Å². The number of hydrogen-bond donors (Lipinski definition) is 1. The maximum atomic E-state index is 9.93. The fourth-order valence-electron chi connectivity index (χ4n) is 1.43. The van der Waals surface area contributed by atoms with Gasteiger partial charge in [-0.1, -0.05) is 20.8 Å². The van der Waals surface area contributed by atoms with Crippen LogP contribution in [0.1, 0.15) is 33.5 Å². The van der Waals surface area contributed by atoms with Crippen LogP contribution in [0.5, 0.6) is 0 Å². The number of nitrogens with zero attached hydrogens (tertiary/aromatic N) is 2. The molecule has 16 heavy (non-hydrogen) atoms. The summed E-state index contributed by atoms with van der Waals surface area (Å²) in [5.41, 5.74) is 0. The first-order valence-corrected chi connectivity index (χ1v) is 6.73. The van der Waals surface area contributed by atoms with E-state index in [1.165, 1.54) is 0 Å². The maximum Gasteiger partial charge on any atom is 0.111 e. The Morgan fingerprint density at radius 2 is 2.19 bits per heavy atom. The largest absolute Gasteiger partial charge is 0.392 e. The quantitative estimate of drug-likeness (QED) is 0.861. The zero-order valence-corrected chi connectivity index (χ0v) is 11.4. The maximum absolute atomic E-state index is 9.93. The molecule has 0 saturated heterocycles. The average molecular weight is 242 g/mol. The van der Waals surface area contributed by atoms with Crippen LogP contribution in [0, 0.1) is 0 Å². The molecule has 0 aliphatic heterocycles. The van der Waals surface area contributed by atoms with Gasteiger partial charge in [0, 0.05) is 35.9 Å². The van der Waals surface area contributed by atoms with E-state index >= 15 is 0 Å². The molecule has 4 heteroatoms. The molecule has 0 aliphatic rings. The van der Waals surface area contributed by atoms with Crippen molar-refractivity contribution in [2.75, 3.05) is 5.75 Å². The van der Waals surface area contributed by atoms with Gasteiger partial charge >= 0.3 is 0 Å². The van der Waals surface area contributed by atoms with Gasteiger partial charge in [-0.05, 0) is 6.92 Å². The average Bonchev–Trinajstić information content (AvgIpc) is 2.61. The molecule has 92 valence electrons. The summed E-state index contributed by atoms with van der Waals surface area (Å²) in [6.45, 7) is 9.49. The molecule has 0 aromatic carbocycles. The van der Waals surface area contributed by atoms with Gasteiger partial charge in [0.25, 0.3) is 0 Å². The second kappa shape index (κ2) is 5.73. The first kappa shape index (κ1) is 13.6. The lowest BCUT2D eigenvalue weighted by Crippen LogP contribution is -2.20. The summed E-state index contributed by atoms with van der Waals surface area (Å²) in [5, 5.41) is 9.93. The van der Waals surface area contributed by atoms with Crippen LogP contribution in [0.15, 0.2) is 12.4 Å². The Kier molecular flexibility index (Phi) is 4.87. The van der Waals surface area contributed by atoms with Crippen molar-refractivity contribution in [2.24, 2.45) is 0 Å². The van der Waals surface area contributed by atoms with Crippen LogP contribution in [0.3, 0.4) is 0 Å². The van der Waals surface area contributed by atoms with Crippen LogP contribution < -0.4 is 0 Å². The molecule has 0 amide bonds. The monoisotopic (exact) mass is 242 g/mol. The van der Waals surface area contributed by atoms with E-state index in [0.717, 1.165) is 18.1 Å². The summed E-state index contributed by atoms with van der Waals surface area (Å²) in [6.07, 6.45) is 4.09. The van der Waals surface area contributed by atoms with Crippen LogP contribution in [0.4, 0.5) is 0 Å². The van der Waals surface area contributed by atoms with Crippen molar-refractivity contribution in [3.63, 3.8) is 0 Å². The number of rotatable bonds is 5. The fraction of sp³-hybridized carbons (Fsp3) is 0.750. The SMILES string of the molecule is CCn1ccnc1CC(O)CSC(C)(C)C. The molecule has 0 aliphatic carbocycles. The van der Waals surface area contributed by atoms with Gasteiger partial charge in [-0.15, -0.1) is 0 Å². The first-order chi connectivity index (χ1) is 7.42. The van der Waals surface area contributed by atoms with Gasteiger partial charge < -0.3 is 9.67 Å². The minimum Gasteiger partial charge on any atom is -0.392 e. The fourth-order valence-corrected chi connectivity index (χ4v) is 2.24. The van der Waals surface area contributed by atoms with Gasteiger partial charge in [-0.2, -0.15) is 11.8 Å². The van der Waals surface area contributed by atoms with E-state index in [4.69, 9.17) is 0 Å². The summed E-state index contributed by atoms with van der Waals surface area (Å²) in [6, 6.07) is 0. The van der Waals surface area contributed by atoms with Crippen molar-refractivity contribution in [1.82, 2.24) is 9.55 Å². The Balaban J connectivity index is 2.42. The molecule has 1 heterocycles. The molecule has 0 spiro atoms. The topological polar surface area (TPSA) is 38.0 Å². The Morgan fingerprint density at radius 1 is 1.50 bits per heavy atom. The second-order valence-electron chi connectivity index (χ2n) is 4.91. The van der Waals surface area contributed by atoms with Gasteiger partial charge in [0.15, 0.2) is 0 Å². The Hall–Kier alpha value is -0.480. The third-order valence-corrected chi connectivity index (χ3v) is 3.69. The minimum atomic E-state index is -0.308. The normalized spacial score (nSPS) is 14.1. The molecule has 1 atom stereocenters. The molecular weight excluding hydrogens is 220 g/mol. The lowest BCUT2D eigenvalue weighted by Gasteiger charge is -2.20. The van der Waals surface area contributed by atoms with Gasteiger partial charge in [0.05, 0.1) is 6.10 Å². The highest BCUT2D eigenvalue weighted by Gasteiger charge is 2.15.